The molecule has 0 unspecified atom stereocenters. The summed E-state index contributed by atoms with van der Waals surface area (Å²) in [5.41, 5.74) is 0.554. The molecule has 3 rings (SSSR count). The van der Waals surface area contributed by atoms with Gasteiger partial charge in [0.2, 0.25) is 11.8 Å². The normalized spacial score (nSPS) is 10.8. The summed E-state index contributed by atoms with van der Waals surface area (Å²) in [5, 5.41) is 15.0. The Hall–Kier alpha value is -3.24. The predicted octanol–water partition coefficient (Wildman–Crippen LogP) is 3.37. The lowest BCUT2D eigenvalue weighted by atomic mass is 10.3. The fraction of sp³-hybridized carbons (Fsp3) is 0.300. The second-order valence-electron chi connectivity index (χ2n) is 6.42. The largest absolute Gasteiger partial charge is 0.497 e. The van der Waals surface area contributed by atoms with Gasteiger partial charge in [-0.25, -0.2) is 4.79 Å². The van der Waals surface area contributed by atoms with E-state index in [0.29, 0.717) is 36.3 Å². The molecular formula is C20H23N5O4S. The van der Waals surface area contributed by atoms with E-state index in [9.17, 15) is 9.59 Å². The summed E-state index contributed by atoms with van der Waals surface area (Å²) < 4.78 is 10.8. The maximum absolute atomic E-state index is 12.3. The van der Waals surface area contributed by atoms with Crippen molar-refractivity contribution in [1.29, 1.82) is 0 Å². The van der Waals surface area contributed by atoms with Crippen LogP contribution < -0.4 is 15.4 Å². The number of ether oxygens (including phenoxy) is 1. The standard InChI is InChI=1S/C20H23N5O4S/c1-3-10-25(13-18-23-24-19(29-18)16-5-4-11-30-16)12-17(26)22-20(27)21-14-6-8-15(28-2)9-7-14/h4-9,11H,3,10,12-13H2,1-2H3,(H2,21,22,26,27). The molecule has 0 bridgehead atoms. The van der Waals surface area contributed by atoms with Crippen LogP contribution in [0.2, 0.25) is 0 Å². The highest BCUT2D eigenvalue weighted by atomic mass is 32.1. The molecule has 2 heterocycles. The van der Waals surface area contributed by atoms with Gasteiger partial charge in [-0.05, 0) is 48.7 Å². The van der Waals surface area contributed by atoms with Gasteiger partial charge in [-0.3, -0.25) is 15.0 Å². The minimum Gasteiger partial charge on any atom is -0.497 e. The minimum absolute atomic E-state index is 0.0284. The summed E-state index contributed by atoms with van der Waals surface area (Å²) >= 11 is 1.51. The summed E-state index contributed by atoms with van der Waals surface area (Å²) in [6.45, 7) is 3.00. The molecule has 0 saturated carbocycles. The van der Waals surface area contributed by atoms with Crippen LogP contribution in [0.25, 0.3) is 10.8 Å². The zero-order valence-corrected chi connectivity index (χ0v) is 17.6. The smallest absolute Gasteiger partial charge is 0.325 e. The number of hydrogen-bond donors (Lipinski definition) is 2. The number of aromatic nitrogens is 2. The number of anilines is 1. The first-order valence-corrected chi connectivity index (χ1v) is 10.3. The number of hydrogen-bond acceptors (Lipinski definition) is 8. The topological polar surface area (TPSA) is 110 Å². The lowest BCUT2D eigenvalue weighted by Gasteiger charge is -2.18. The zero-order chi connectivity index (χ0) is 21.3. The summed E-state index contributed by atoms with van der Waals surface area (Å²) in [6, 6.07) is 10.0. The molecule has 0 radical (unpaired) electrons. The van der Waals surface area contributed by atoms with Crippen molar-refractivity contribution in [2.24, 2.45) is 0 Å². The van der Waals surface area contributed by atoms with Gasteiger partial charge in [0.05, 0.1) is 25.1 Å². The molecule has 0 saturated heterocycles. The Balaban J connectivity index is 1.52. The van der Waals surface area contributed by atoms with E-state index in [0.717, 1.165) is 11.3 Å². The van der Waals surface area contributed by atoms with Crippen molar-refractivity contribution in [3.05, 3.63) is 47.7 Å². The van der Waals surface area contributed by atoms with Gasteiger partial charge >= 0.3 is 6.03 Å². The number of carbonyl (C=O) groups is 2. The van der Waals surface area contributed by atoms with Gasteiger partial charge in [0.15, 0.2) is 0 Å². The zero-order valence-electron chi connectivity index (χ0n) is 16.8. The van der Waals surface area contributed by atoms with Gasteiger partial charge < -0.3 is 14.5 Å². The number of nitrogens with one attached hydrogen (secondary N) is 2. The van der Waals surface area contributed by atoms with Crippen LogP contribution in [0.15, 0.2) is 46.2 Å². The highest BCUT2D eigenvalue weighted by molar-refractivity contribution is 7.13. The van der Waals surface area contributed by atoms with Crippen LogP contribution in [0.1, 0.15) is 19.2 Å². The monoisotopic (exact) mass is 429 g/mol. The van der Waals surface area contributed by atoms with E-state index in [1.54, 1.807) is 31.4 Å². The molecule has 2 aromatic heterocycles. The number of imide groups is 1. The molecule has 30 heavy (non-hydrogen) atoms. The molecule has 2 N–H and O–H groups in total. The molecule has 1 aromatic carbocycles. The van der Waals surface area contributed by atoms with Crippen molar-refractivity contribution >= 4 is 29.0 Å². The van der Waals surface area contributed by atoms with E-state index in [1.165, 1.54) is 11.3 Å². The second-order valence-corrected chi connectivity index (χ2v) is 7.37. The van der Waals surface area contributed by atoms with E-state index in [1.807, 2.05) is 29.3 Å². The van der Waals surface area contributed by atoms with Gasteiger partial charge in [-0.1, -0.05) is 13.0 Å². The molecule has 3 aromatic rings. The molecule has 0 aliphatic carbocycles. The van der Waals surface area contributed by atoms with Crippen LogP contribution in [0, 0.1) is 0 Å². The molecule has 0 aliphatic heterocycles. The van der Waals surface area contributed by atoms with Crippen LogP contribution in [-0.4, -0.2) is 47.2 Å². The van der Waals surface area contributed by atoms with Gasteiger partial charge in [0.1, 0.15) is 5.75 Å². The van der Waals surface area contributed by atoms with Gasteiger partial charge in [0.25, 0.3) is 5.89 Å². The minimum atomic E-state index is -0.598. The predicted molar refractivity (Wildman–Crippen MR) is 113 cm³/mol. The van der Waals surface area contributed by atoms with Crippen molar-refractivity contribution in [2.75, 3.05) is 25.5 Å². The molecule has 0 aliphatic rings. The number of methoxy groups -OCH3 is 1. The fourth-order valence-electron chi connectivity index (χ4n) is 2.74. The van der Waals surface area contributed by atoms with E-state index < -0.39 is 11.9 Å². The highest BCUT2D eigenvalue weighted by Crippen LogP contribution is 2.23. The molecule has 158 valence electrons. The van der Waals surface area contributed by atoms with E-state index in [-0.39, 0.29) is 6.54 Å². The Morgan fingerprint density at radius 1 is 1.20 bits per heavy atom. The number of carbonyl (C=O) groups excluding carboxylic acids is 2. The Morgan fingerprint density at radius 2 is 2.00 bits per heavy atom. The third-order valence-corrected chi connectivity index (χ3v) is 4.92. The first kappa shape index (κ1) is 21.5. The van der Waals surface area contributed by atoms with Crippen molar-refractivity contribution in [3.63, 3.8) is 0 Å². The first-order valence-electron chi connectivity index (χ1n) is 9.41. The van der Waals surface area contributed by atoms with E-state index >= 15 is 0 Å². The molecule has 10 heteroatoms. The van der Waals surface area contributed by atoms with Crippen molar-refractivity contribution < 1.29 is 18.7 Å². The number of nitrogens with zero attached hydrogens (tertiary/aromatic N) is 3. The molecule has 9 nitrogen and oxygen atoms in total. The van der Waals surface area contributed by atoms with Gasteiger partial charge in [0, 0.05) is 5.69 Å². The van der Waals surface area contributed by atoms with Crippen LogP contribution in [0.3, 0.4) is 0 Å². The maximum atomic E-state index is 12.3. The summed E-state index contributed by atoms with van der Waals surface area (Å²) in [7, 11) is 1.56. The van der Waals surface area contributed by atoms with Crippen LogP contribution in [0.5, 0.6) is 5.75 Å². The summed E-state index contributed by atoms with van der Waals surface area (Å²) in [5.74, 6) is 1.13. The average Bonchev–Trinajstić information content (AvgIpc) is 3.40. The Kier molecular flexibility index (Phi) is 7.52. The fourth-order valence-corrected chi connectivity index (χ4v) is 3.39. The van der Waals surface area contributed by atoms with Gasteiger partial charge in [-0.2, -0.15) is 0 Å². The number of thiophene rings is 1. The maximum Gasteiger partial charge on any atom is 0.325 e. The highest BCUT2D eigenvalue weighted by Gasteiger charge is 2.17. The lowest BCUT2D eigenvalue weighted by molar-refractivity contribution is -0.121. The molecule has 0 fully saturated rings. The van der Waals surface area contributed by atoms with Crippen LogP contribution in [-0.2, 0) is 11.3 Å². The molecule has 0 atom stereocenters. The number of amides is 3. The summed E-state index contributed by atoms with van der Waals surface area (Å²) in [4.78, 5) is 27.1. The average molecular weight is 430 g/mol. The second kappa shape index (κ2) is 10.5. The van der Waals surface area contributed by atoms with Crippen molar-refractivity contribution in [3.8, 4) is 16.5 Å². The Labute approximate surface area is 178 Å². The van der Waals surface area contributed by atoms with Crippen LogP contribution >= 0.6 is 11.3 Å². The molecule has 0 spiro atoms. The Morgan fingerprint density at radius 3 is 2.67 bits per heavy atom. The van der Waals surface area contributed by atoms with E-state index in [4.69, 9.17) is 9.15 Å². The number of benzene rings is 1. The lowest BCUT2D eigenvalue weighted by Crippen LogP contribution is -2.41. The van der Waals surface area contributed by atoms with Crippen LogP contribution in [0.4, 0.5) is 10.5 Å². The first-order chi connectivity index (χ1) is 14.6. The summed E-state index contributed by atoms with van der Waals surface area (Å²) in [6.07, 6.45) is 0.831. The third-order valence-electron chi connectivity index (χ3n) is 4.07. The number of rotatable bonds is 9. The van der Waals surface area contributed by atoms with Crippen molar-refractivity contribution in [1.82, 2.24) is 20.4 Å². The van der Waals surface area contributed by atoms with Gasteiger partial charge in [-0.15, -0.1) is 21.5 Å². The molecular weight excluding hydrogens is 406 g/mol. The third kappa shape index (κ3) is 6.13. The van der Waals surface area contributed by atoms with E-state index in [2.05, 4.69) is 20.8 Å². The van der Waals surface area contributed by atoms with Crippen molar-refractivity contribution in [2.45, 2.75) is 19.9 Å². The SMILES string of the molecule is CCCN(CC(=O)NC(=O)Nc1ccc(OC)cc1)Cc1nnc(-c2cccs2)o1. The molecule has 3 amide bonds. The Bertz CT molecular complexity index is 956. The quantitative estimate of drug-likeness (QED) is 0.537. The number of urea groups is 1.